The average molecular weight is 589 g/mol. The molecule has 0 amide bonds. The monoisotopic (exact) mass is 588 g/mol. The van der Waals surface area contributed by atoms with Gasteiger partial charge in [0.25, 0.3) is 10.0 Å². The summed E-state index contributed by atoms with van der Waals surface area (Å²) in [6.45, 7) is 18.2. The van der Waals surface area contributed by atoms with Crippen molar-refractivity contribution >= 4 is 37.4 Å². The number of sulfone groups is 1. The molecule has 1 aromatic heterocycles. The first-order valence-corrected chi connectivity index (χ1v) is 18.6. The normalized spacial score (nSPS) is 23.6. The standard InChI is InChI=1S/C29H52N2O4S3/c1-9-20(7)23(11-3)25(13-5)24(12-4)22(10-2)16-15-17-31-38(34,35)28-19-26-27(30-14-6)18-21(8)37(32,33)29(26)36-28/h17,19-25,27,30H,9-16,18H2,1-8H3/b31-17-/t20?,21-,22?,23?,24?,25?,27-/m0/s1. The lowest BCUT2D eigenvalue weighted by molar-refractivity contribution is 0.102. The van der Waals surface area contributed by atoms with Crippen LogP contribution < -0.4 is 5.32 Å². The van der Waals surface area contributed by atoms with Crippen LogP contribution in [0.15, 0.2) is 18.9 Å². The van der Waals surface area contributed by atoms with Gasteiger partial charge in [0.1, 0.15) is 8.42 Å². The molecule has 2 heterocycles. The molecule has 1 N–H and O–H groups in total. The smallest absolute Gasteiger partial charge is 0.291 e. The van der Waals surface area contributed by atoms with Crippen molar-refractivity contribution in [3.63, 3.8) is 0 Å². The molecule has 0 saturated heterocycles. The Labute approximate surface area is 237 Å². The number of sulfonamides is 1. The van der Waals surface area contributed by atoms with Crippen molar-refractivity contribution in [2.45, 2.75) is 126 Å². The molecule has 1 aliphatic heterocycles. The summed E-state index contributed by atoms with van der Waals surface area (Å²) in [4.78, 5) is 0. The van der Waals surface area contributed by atoms with E-state index in [9.17, 15) is 16.8 Å². The van der Waals surface area contributed by atoms with Crippen LogP contribution in [0.2, 0.25) is 0 Å². The third-order valence-corrected chi connectivity index (χ3v) is 14.7. The summed E-state index contributed by atoms with van der Waals surface area (Å²) in [5.41, 5.74) is 0.568. The quantitative estimate of drug-likeness (QED) is 0.200. The molecule has 0 radical (unpaired) electrons. The Hall–Kier alpha value is -0.770. The zero-order chi connectivity index (χ0) is 28.7. The van der Waals surface area contributed by atoms with E-state index in [0.29, 0.717) is 54.5 Å². The first-order chi connectivity index (χ1) is 17.9. The Bertz CT molecular complexity index is 1110. The number of nitrogens with zero attached hydrogens (tertiary/aromatic N) is 1. The number of hydrogen-bond acceptors (Lipinski definition) is 6. The summed E-state index contributed by atoms with van der Waals surface area (Å²) in [5.74, 6) is 3.25. The highest BCUT2D eigenvalue weighted by atomic mass is 32.3. The van der Waals surface area contributed by atoms with Crippen LogP contribution in [0.25, 0.3) is 0 Å². The molecule has 0 aliphatic carbocycles. The van der Waals surface area contributed by atoms with E-state index in [1.165, 1.54) is 31.5 Å². The molecule has 6 nitrogen and oxygen atoms in total. The highest BCUT2D eigenvalue weighted by Crippen LogP contribution is 2.43. The van der Waals surface area contributed by atoms with Gasteiger partial charge in [0.2, 0.25) is 0 Å². The van der Waals surface area contributed by atoms with Gasteiger partial charge in [-0.15, -0.1) is 11.3 Å². The molecule has 0 saturated carbocycles. The third-order valence-electron chi connectivity index (χ3n) is 9.04. The molecule has 9 heteroatoms. The predicted molar refractivity (Wildman–Crippen MR) is 161 cm³/mol. The van der Waals surface area contributed by atoms with Crippen molar-refractivity contribution in [2.24, 2.45) is 34.0 Å². The lowest BCUT2D eigenvalue weighted by Crippen LogP contribution is -2.33. The van der Waals surface area contributed by atoms with Crippen molar-refractivity contribution in [3.8, 4) is 0 Å². The van der Waals surface area contributed by atoms with Crippen LogP contribution in [-0.2, 0) is 19.9 Å². The van der Waals surface area contributed by atoms with Gasteiger partial charge in [-0.05, 0) is 68.4 Å². The van der Waals surface area contributed by atoms with Crippen LogP contribution in [0.1, 0.15) is 118 Å². The molecule has 1 aromatic rings. The fourth-order valence-electron chi connectivity index (χ4n) is 6.72. The van der Waals surface area contributed by atoms with Gasteiger partial charge in [0.05, 0.1) is 5.25 Å². The van der Waals surface area contributed by atoms with Crippen LogP contribution in [0, 0.1) is 29.6 Å². The Morgan fingerprint density at radius 1 is 1.03 bits per heavy atom. The van der Waals surface area contributed by atoms with Gasteiger partial charge in [-0.2, -0.15) is 12.8 Å². The third kappa shape index (κ3) is 7.49. The van der Waals surface area contributed by atoms with Gasteiger partial charge in [0.15, 0.2) is 9.84 Å². The molecule has 7 atom stereocenters. The van der Waals surface area contributed by atoms with E-state index < -0.39 is 25.1 Å². The number of fused-ring (bicyclic) bond motifs is 1. The van der Waals surface area contributed by atoms with E-state index >= 15 is 0 Å². The number of rotatable bonds is 16. The molecule has 0 spiro atoms. The van der Waals surface area contributed by atoms with E-state index in [2.05, 4.69) is 51.3 Å². The second-order valence-electron chi connectivity index (χ2n) is 11.1. The summed E-state index contributed by atoms with van der Waals surface area (Å²) >= 11 is 0.848. The molecule has 0 bridgehead atoms. The van der Waals surface area contributed by atoms with Crippen LogP contribution in [0.3, 0.4) is 0 Å². The van der Waals surface area contributed by atoms with Gasteiger partial charge in [-0.1, -0.05) is 80.6 Å². The molecule has 2 rings (SSSR count). The Morgan fingerprint density at radius 3 is 2.18 bits per heavy atom. The highest BCUT2D eigenvalue weighted by Gasteiger charge is 2.39. The van der Waals surface area contributed by atoms with Crippen LogP contribution in [0.4, 0.5) is 0 Å². The molecular formula is C29H52N2O4S3. The molecule has 220 valence electrons. The van der Waals surface area contributed by atoms with Gasteiger partial charge < -0.3 is 5.32 Å². The van der Waals surface area contributed by atoms with Crippen LogP contribution in [-0.4, -0.2) is 34.8 Å². The van der Waals surface area contributed by atoms with Crippen LogP contribution in [0.5, 0.6) is 0 Å². The highest BCUT2D eigenvalue weighted by molar-refractivity contribution is 7.96. The largest absolute Gasteiger partial charge is 0.310 e. The summed E-state index contributed by atoms with van der Waals surface area (Å²) in [7, 11) is -7.48. The molecule has 38 heavy (non-hydrogen) atoms. The zero-order valence-corrected chi connectivity index (χ0v) is 27.3. The maximum Gasteiger partial charge on any atom is 0.291 e. The first kappa shape index (κ1) is 33.4. The number of thiophene rings is 1. The maximum absolute atomic E-state index is 13.1. The van der Waals surface area contributed by atoms with Crippen LogP contribution >= 0.6 is 11.3 Å². The predicted octanol–water partition coefficient (Wildman–Crippen LogP) is 7.66. The van der Waals surface area contributed by atoms with Crippen molar-refractivity contribution in [1.29, 1.82) is 0 Å². The molecule has 1 aliphatic rings. The lowest BCUT2D eigenvalue weighted by Gasteiger charge is -2.39. The second kappa shape index (κ2) is 14.7. The maximum atomic E-state index is 13.1. The summed E-state index contributed by atoms with van der Waals surface area (Å²) in [5, 5.41) is 2.76. The molecule has 5 unspecified atom stereocenters. The number of hydrogen-bond donors (Lipinski definition) is 1. The van der Waals surface area contributed by atoms with Gasteiger partial charge in [0, 0.05) is 17.8 Å². The lowest BCUT2D eigenvalue weighted by atomic mass is 9.66. The molecule has 0 fully saturated rings. The van der Waals surface area contributed by atoms with E-state index in [1.54, 1.807) is 6.92 Å². The van der Waals surface area contributed by atoms with Crippen molar-refractivity contribution < 1.29 is 16.8 Å². The zero-order valence-electron chi connectivity index (χ0n) is 24.9. The topological polar surface area (TPSA) is 92.7 Å². The van der Waals surface area contributed by atoms with Crippen molar-refractivity contribution in [3.05, 3.63) is 11.6 Å². The fraction of sp³-hybridized carbons (Fsp3) is 0.828. The molecular weight excluding hydrogens is 537 g/mol. The minimum Gasteiger partial charge on any atom is -0.310 e. The van der Waals surface area contributed by atoms with Crippen molar-refractivity contribution in [1.82, 2.24) is 5.32 Å². The minimum atomic E-state index is -3.95. The Morgan fingerprint density at radius 2 is 1.66 bits per heavy atom. The first-order valence-electron chi connectivity index (χ1n) is 14.8. The number of nitrogens with one attached hydrogen (secondary N) is 1. The summed E-state index contributed by atoms with van der Waals surface area (Å²) in [6, 6.07) is 1.36. The summed E-state index contributed by atoms with van der Waals surface area (Å²) in [6.07, 6.45) is 9.29. The Balaban J connectivity index is 2.20. The van der Waals surface area contributed by atoms with E-state index in [4.69, 9.17) is 0 Å². The summed E-state index contributed by atoms with van der Waals surface area (Å²) < 4.78 is 56.2. The van der Waals surface area contributed by atoms with Gasteiger partial charge in [-0.25, -0.2) is 8.42 Å². The van der Waals surface area contributed by atoms with E-state index in [-0.39, 0.29) is 14.5 Å². The van der Waals surface area contributed by atoms with E-state index in [1.807, 2.05) is 6.92 Å². The fourth-order valence-corrected chi connectivity index (χ4v) is 11.6. The van der Waals surface area contributed by atoms with Gasteiger partial charge >= 0.3 is 0 Å². The second-order valence-corrected chi connectivity index (χ2v) is 16.6. The SMILES string of the molecule is CCN[C@H]1C[C@H](C)S(=O)(=O)c2sc(S(=O)(=O)/N=C\CCC(CC)C(CC)C(CC)C(CC)C(C)CC)cc21. The Kier molecular flexibility index (Phi) is 13.0. The van der Waals surface area contributed by atoms with Crippen molar-refractivity contribution in [2.75, 3.05) is 6.54 Å². The average Bonchev–Trinajstić information content (AvgIpc) is 3.36. The van der Waals surface area contributed by atoms with E-state index in [0.717, 1.165) is 30.6 Å². The molecule has 0 aromatic carbocycles. The minimum absolute atomic E-state index is 0.0168. The van der Waals surface area contributed by atoms with Gasteiger partial charge in [-0.3, -0.25) is 0 Å².